The normalized spacial score (nSPS) is 22.5. The van der Waals surface area contributed by atoms with Gasteiger partial charge in [-0.15, -0.1) is 0 Å². The maximum atomic E-state index is 13.1. The van der Waals surface area contributed by atoms with Gasteiger partial charge in [0.1, 0.15) is 30.6 Å². The number of aliphatic hydroxyl groups is 1. The van der Waals surface area contributed by atoms with Gasteiger partial charge >= 0.3 is 6.01 Å². The van der Waals surface area contributed by atoms with Gasteiger partial charge in [0, 0.05) is 44.5 Å². The Labute approximate surface area is 273 Å². The Bertz CT molecular complexity index is 1860. The van der Waals surface area contributed by atoms with Crippen LogP contribution in [0.2, 0.25) is 30.7 Å². The first kappa shape index (κ1) is 32.7. The van der Waals surface area contributed by atoms with Crippen molar-refractivity contribution in [1.29, 1.82) is 0 Å². The zero-order chi connectivity index (χ0) is 32.6. The highest BCUT2D eigenvalue weighted by atomic mass is 35.5. The van der Waals surface area contributed by atoms with E-state index in [4.69, 9.17) is 35.5 Å². The van der Waals surface area contributed by atoms with Crippen LogP contribution in [0, 0.1) is 0 Å². The van der Waals surface area contributed by atoms with Gasteiger partial charge in [-0.3, -0.25) is 14.3 Å². The van der Waals surface area contributed by atoms with E-state index in [1.54, 1.807) is 53.2 Å². The first-order chi connectivity index (χ1) is 21.9. The quantitative estimate of drug-likeness (QED) is 0.185. The second kappa shape index (κ2) is 13.1. The van der Waals surface area contributed by atoms with Crippen molar-refractivity contribution in [2.75, 3.05) is 26.1 Å². The molecule has 0 radical (unpaired) electrons. The van der Waals surface area contributed by atoms with Crippen LogP contribution in [-0.4, -0.2) is 93.3 Å². The molecule has 5 heterocycles. The molecule has 15 heteroatoms. The largest absolute Gasteiger partial charge is 0.456 e. The summed E-state index contributed by atoms with van der Waals surface area (Å²) in [4.78, 5) is 26.8. The van der Waals surface area contributed by atoms with Crippen LogP contribution < -0.4 is 4.74 Å². The minimum atomic E-state index is -2.97. The summed E-state index contributed by atoms with van der Waals surface area (Å²) in [6.45, 7) is 8.02. The Hall–Kier alpha value is -3.24. The molecule has 1 amide bonds. The van der Waals surface area contributed by atoms with Crippen molar-refractivity contribution in [2.45, 2.75) is 61.7 Å². The van der Waals surface area contributed by atoms with Crippen molar-refractivity contribution in [1.82, 2.24) is 19.5 Å². The van der Waals surface area contributed by atoms with Gasteiger partial charge < -0.3 is 24.1 Å². The summed E-state index contributed by atoms with van der Waals surface area (Å²) in [6.07, 6.45) is 2.38. The van der Waals surface area contributed by atoms with Crippen LogP contribution >= 0.6 is 11.6 Å². The first-order valence-electron chi connectivity index (χ1n) is 14.9. The molecule has 2 fully saturated rings. The summed E-state index contributed by atoms with van der Waals surface area (Å²) >= 11 is 6.72. The summed E-state index contributed by atoms with van der Waals surface area (Å²) < 4.78 is 42.7. The zero-order valence-corrected chi connectivity index (χ0v) is 28.5. The third-order valence-electron chi connectivity index (χ3n) is 7.83. The molecule has 5 atom stereocenters. The first-order valence-corrected chi connectivity index (χ1v) is 20.9. The highest BCUT2D eigenvalue weighted by Gasteiger charge is 2.49. The zero-order valence-electron chi connectivity index (χ0n) is 26.0. The monoisotopic (exact) mass is 685 g/mol. The lowest BCUT2D eigenvalue weighted by Gasteiger charge is -2.19. The second-order valence-electron chi connectivity index (χ2n) is 12.6. The molecule has 6 rings (SSSR count). The average molecular weight is 686 g/mol. The lowest BCUT2D eigenvalue weighted by atomic mass is 10.1. The molecule has 0 aliphatic carbocycles. The number of fused-ring (bicyclic) bond motifs is 2. The van der Waals surface area contributed by atoms with Crippen molar-refractivity contribution >= 4 is 46.5 Å². The molecule has 1 aromatic carbocycles. The van der Waals surface area contributed by atoms with Crippen molar-refractivity contribution in [3.05, 3.63) is 65.4 Å². The Morgan fingerprint density at radius 2 is 1.91 bits per heavy atom. The summed E-state index contributed by atoms with van der Waals surface area (Å²) in [6, 6.07) is 12.9. The number of rotatable bonds is 10. The number of hydrogen-bond donors (Lipinski definition) is 1. The third kappa shape index (κ3) is 7.03. The van der Waals surface area contributed by atoms with Crippen LogP contribution in [0.25, 0.3) is 22.4 Å². The minimum absolute atomic E-state index is 0.151. The summed E-state index contributed by atoms with van der Waals surface area (Å²) in [5.74, 6) is -0.607. The molecule has 1 N–H and O–H groups in total. The predicted molar refractivity (Wildman–Crippen MR) is 175 cm³/mol. The Balaban J connectivity index is 1.29. The minimum Gasteiger partial charge on any atom is -0.456 e. The van der Waals surface area contributed by atoms with Crippen LogP contribution in [-0.2, 0) is 30.7 Å². The van der Waals surface area contributed by atoms with E-state index in [-0.39, 0.29) is 31.5 Å². The van der Waals surface area contributed by atoms with Crippen molar-refractivity contribution < 1.29 is 33.1 Å². The molecular formula is C31H36ClN5O7SSi. The van der Waals surface area contributed by atoms with Crippen LogP contribution in [0.15, 0.2) is 64.1 Å². The fourth-order valence-corrected chi connectivity index (χ4v) is 7.36. The lowest BCUT2D eigenvalue weighted by Crippen LogP contribution is -2.35. The Morgan fingerprint density at radius 1 is 1.15 bits per heavy atom. The molecule has 244 valence electrons. The van der Waals surface area contributed by atoms with Crippen molar-refractivity contribution in [3.8, 4) is 17.3 Å². The van der Waals surface area contributed by atoms with Gasteiger partial charge in [-0.25, -0.2) is 9.19 Å². The Kier molecular flexibility index (Phi) is 9.31. The van der Waals surface area contributed by atoms with Crippen LogP contribution in [0.1, 0.15) is 10.4 Å². The molecule has 2 aliphatic rings. The second-order valence-corrected chi connectivity index (χ2v) is 20.9. The molecule has 46 heavy (non-hydrogen) atoms. The number of aromatic nitrogens is 4. The number of pyridine rings is 2. The van der Waals surface area contributed by atoms with E-state index in [1.165, 1.54) is 12.5 Å². The summed E-state index contributed by atoms with van der Waals surface area (Å²) in [5.41, 5.74) is 2.42. The van der Waals surface area contributed by atoms with E-state index in [2.05, 4.69) is 34.0 Å². The van der Waals surface area contributed by atoms with Crippen molar-refractivity contribution in [3.63, 3.8) is 0 Å². The number of carbonyl (C=O) groups is 1. The van der Waals surface area contributed by atoms with Gasteiger partial charge in [0.05, 0.1) is 38.6 Å². The smallest absolute Gasteiger partial charge is 0.301 e. The molecule has 0 saturated carbocycles. The molecule has 12 nitrogen and oxygen atoms in total. The number of nitrogens with zero attached hydrogens (tertiary/aromatic N) is 5. The van der Waals surface area contributed by atoms with E-state index in [1.807, 2.05) is 0 Å². The SMILES string of the molecule is C[Si](C)(C)CCOCn1c(O[C@@H]2CO[C@H]3[C@@H]2OC[C@H]3O)nc2cc(Cl)c(-c3ccc(C(=O)N=S(C)(=O)c4cccnc4)cc3)nc21. The molecule has 2 aliphatic heterocycles. The van der Waals surface area contributed by atoms with E-state index < -0.39 is 48.1 Å². The fourth-order valence-electron chi connectivity index (χ4n) is 5.23. The van der Waals surface area contributed by atoms with Gasteiger partial charge in [0.15, 0.2) is 11.8 Å². The highest BCUT2D eigenvalue weighted by Crippen LogP contribution is 2.34. The molecular weight excluding hydrogens is 650 g/mol. The van der Waals surface area contributed by atoms with Crippen LogP contribution in [0.4, 0.5) is 0 Å². The Morgan fingerprint density at radius 3 is 2.63 bits per heavy atom. The maximum Gasteiger partial charge on any atom is 0.301 e. The maximum absolute atomic E-state index is 13.1. The van der Waals surface area contributed by atoms with Crippen LogP contribution in [0.3, 0.4) is 0 Å². The fraction of sp³-hybridized carbons (Fsp3) is 0.419. The van der Waals surface area contributed by atoms with E-state index in [0.29, 0.717) is 38.9 Å². The number of benzene rings is 1. The average Bonchev–Trinajstić information content (AvgIpc) is 3.69. The van der Waals surface area contributed by atoms with E-state index >= 15 is 0 Å². The van der Waals surface area contributed by atoms with Crippen molar-refractivity contribution in [2.24, 2.45) is 4.36 Å². The number of hydrogen-bond acceptors (Lipinski definition) is 10. The third-order valence-corrected chi connectivity index (χ3v) is 11.5. The molecule has 4 aromatic rings. The summed E-state index contributed by atoms with van der Waals surface area (Å²) in [5, 5.41) is 10.5. The van der Waals surface area contributed by atoms with E-state index in [0.717, 1.165) is 6.04 Å². The number of amides is 1. The van der Waals surface area contributed by atoms with E-state index in [9.17, 15) is 14.1 Å². The molecule has 2 saturated heterocycles. The van der Waals surface area contributed by atoms with Gasteiger partial charge in [-0.05, 0) is 36.4 Å². The lowest BCUT2D eigenvalue weighted by molar-refractivity contribution is 0.00336. The standard InChI is InChI=1S/C31H36ClN5O7SSi/c1-45(40,21-6-5-11-33-15-21)36-30(39)20-9-7-19(8-10-20)26-22(32)14-23-29(35-26)37(18-41-12-13-46(2,3)4)31(34-23)44-25-17-43-27-24(38)16-42-28(25)27/h5-11,14-15,24-25,27-28,38H,12-13,16-18H2,1-4H3/t24-,25-,27-,28-,45?/m1/s1. The highest BCUT2D eigenvalue weighted by molar-refractivity contribution is 7.93. The summed E-state index contributed by atoms with van der Waals surface area (Å²) in [7, 11) is -4.29. The number of imidazole rings is 1. The van der Waals surface area contributed by atoms with Gasteiger partial charge in [-0.1, -0.05) is 43.4 Å². The predicted octanol–water partition coefficient (Wildman–Crippen LogP) is 4.66. The number of carbonyl (C=O) groups excluding carboxylic acids is 1. The van der Waals surface area contributed by atoms with Crippen LogP contribution in [0.5, 0.6) is 6.01 Å². The number of ether oxygens (including phenoxy) is 4. The topological polar surface area (TPSA) is 147 Å². The molecule has 0 bridgehead atoms. The van der Waals surface area contributed by atoms with Gasteiger partial charge in [0.25, 0.3) is 5.91 Å². The van der Waals surface area contributed by atoms with Gasteiger partial charge in [-0.2, -0.15) is 9.35 Å². The molecule has 1 unspecified atom stereocenters. The number of halogens is 1. The number of aliphatic hydroxyl groups excluding tert-OH is 1. The molecule has 3 aromatic heterocycles. The molecule has 0 spiro atoms. The van der Waals surface area contributed by atoms with Gasteiger partial charge in [0.2, 0.25) is 0 Å².